The van der Waals surface area contributed by atoms with E-state index in [1.807, 2.05) is 13.0 Å². The van der Waals surface area contributed by atoms with Crippen molar-refractivity contribution in [1.29, 1.82) is 0 Å². The molecular weight excluding hydrogens is 753 g/mol. The van der Waals surface area contributed by atoms with Gasteiger partial charge in [-0.2, -0.15) is 5.11 Å². The average Bonchev–Trinajstić information content (AvgIpc) is 3.24. The van der Waals surface area contributed by atoms with Gasteiger partial charge in [0.1, 0.15) is 43.6 Å². The molecule has 3 aromatic rings. The molecule has 0 aliphatic heterocycles. The van der Waals surface area contributed by atoms with Crippen LogP contribution in [0.15, 0.2) is 90.1 Å². The number of benzene rings is 3. The van der Waals surface area contributed by atoms with Crippen LogP contribution in [0.5, 0.6) is 11.5 Å². The number of unbranched alkanes of at least 4 members (excludes halogenated alkanes) is 10. The molecule has 59 heavy (non-hydrogen) atoms. The minimum Gasteiger partial charge on any atom is -0.488 e. The zero-order valence-corrected chi connectivity index (χ0v) is 35.0. The fourth-order valence-corrected chi connectivity index (χ4v) is 6.06. The average molecular weight is 815 g/mol. The molecule has 0 atom stereocenters. The first-order chi connectivity index (χ1) is 28.7. The Kier molecular flexibility index (Phi) is 22.3. The van der Waals surface area contributed by atoms with Gasteiger partial charge in [0.05, 0.1) is 22.0 Å². The summed E-state index contributed by atoms with van der Waals surface area (Å²) < 4.78 is 22.3. The molecule has 0 bridgehead atoms. The van der Waals surface area contributed by atoms with Crippen LogP contribution in [0.3, 0.4) is 0 Å². The SMILES string of the molecule is C=CC(=O)OCCOc1cc(NNc2ccc([N+](=O)[O-])cc2)c(OCCOC(=O)C=C)cc1/N=N/c1ccc(N(CCCCCCCC)CCCCCCCC)cc1C. The van der Waals surface area contributed by atoms with E-state index in [0.29, 0.717) is 34.2 Å². The summed E-state index contributed by atoms with van der Waals surface area (Å²) in [5, 5.41) is 20.4. The lowest BCUT2D eigenvalue weighted by molar-refractivity contribution is -0.384. The highest BCUT2D eigenvalue weighted by Crippen LogP contribution is 2.40. The monoisotopic (exact) mass is 814 g/mol. The van der Waals surface area contributed by atoms with Crippen LogP contribution in [0, 0.1) is 17.0 Å². The number of hydrazine groups is 1. The molecule has 3 aromatic carbocycles. The molecule has 0 aromatic heterocycles. The fraction of sp³-hybridized carbons (Fsp3) is 0.467. The number of carbonyl (C=O) groups is 2. The van der Waals surface area contributed by atoms with Gasteiger partial charge in [0.25, 0.3) is 5.69 Å². The van der Waals surface area contributed by atoms with Crippen molar-refractivity contribution < 1.29 is 33.5 Å². The van der Waals surface area contributed by atoms with Crippen LogP contribution >= 0.6 is 0 Å². The van der Waals surface area contributed by atoms with E-state index in [1.54, 1.807) is 24.3 Å². The first-order valence-corrected chi connectivity index (χ1v) is 20.7. The molecule has 0 unspecified atom stereocenters. The number of non-ortho nitro benzene ring substituents is 1. The molecule has 0 radical (unpaired) electrons. The van der Waals surface area contributed by atoms with Crippen molar-refractivity contribution in [2.75, 3.05) is 55.3 Å². The van der Waals surface area contributed by atoms with E-state index < -0.39 is 16.9 Å². The van der Waals surface area contributed by atoms with Gasteiger partial charge in [-0.1, -0.05) is 91.2 Å². The van der Waals surface area contributed by atoms with E-state index in [9.17, 15) is 19.7 Å². The van der Waals surface area contributed by atoms with Gasteiger partial charge in [-0.25, -0.2) is 9.59 Å². The Morgan fingerprint density at radius 3 is 1.78 bits per heavy atom. The third-order valence-electron chi connectivity index (χ3n) is 9.36. The third kappa shape index (κ3) is 18.0. The molecule has 0 heterocycles. The van der Waals surface area contributed by atoms with E-state index in [0.717, 1.165) is 43.6 Å². The van der Waals surface area contributed by atoms with Gasteiger partial charge in [-0.05, 0) is 55.7 Å². The normalized spacial score (nSPS) is 10.8. The third-order valence-corrected chi connectivity index (χ3v) is 9.36. The molecule has 320 valence electrons. The zero-order valence-electron chi connectivity index (χ0n) is 35.0. The number of esters is 2. The Morgan fingerprint density at radius 2 is 1.24 bits per heavy atom. The highest BCUT2D eigenvalue weighted by molar-refractivity contribution is 5.81. The second kappa shape index (κ2) is 27.7. The summed E-state index contributed by atoms with van der Waals surface area (Å²) in [6, 6.07) is 15.3. The molecule has 0 aliphatic carbocycles. The molecule has 14 nitrogen and oxygen atoms in total. The van der Waals surface area contributed by atoms with Crippen LogP contribution in [0.2, 0.25) is 0 Å². The first-order valence-electron chi connectivity index (χ1n) is 20.7. The second-order valence-electron chi connectivity index (χ2n) is 14.0. The van der Waals surface area contributed by atoms with Gasteiger partial charge in [-0.15, -0.1) is 5.11 Å². The number of hydrogen-bond acceptors (Lipinski definition) is 13. The molecular formula is C45H62N6O8. The molecule has 0 saturated carbocycles. The number of nitro benzene ring substituents is 1. The maximum atomic E-state index is 11.7. The van der Waals surface area contributed by atoms with Crippen LogP contribution in [0.4, 0.5) is 34.1 Å². The van der Waals surface area contributed by atoms with E-state index in [1.165, 1.54) is 82.0 Å². The van der Waals surface area contributed by atoms with Gasteiger partial charge in [0, 0.05) is 55.2 Å². The lowest BCUT2D eigenvalue weighted by Gasteiger charge is -2.26. The van der Waals surface area contributed by atoms with E-state index in [4.69, 9.17) is 18.9 Å². The minimum absolute atomic E-state index is 0.00417. The molecule has 0 aliphatic rings. The maximum Gasteiger partial charge on any atom is 0.330 e. The topological polar surface area (TPSA) is 166 Å². The lowest BCUT2D eigenvalue weighted by Crippen LogP contribution is -2.25. The fourth-order valence-electron chi connectivity index (χ4n) is 6.06. The van der Waals surface area contributed by atoms with E-state index >= 15 is 0 Å². The van der Waals surface area contributed by atoms with Crippen molar-refractivity contribution in [1.82, 2.24) is 0 Å². The Bertz CT molecular complexity index is 1780. The molecule has 3 rings (SSSR count). The minimum atomic E-state index is -0.587. The Morgan fingerprint density at radius 1 is 0.695 bits per heavy atom. The largest absolute Gasteiger partial charge is 0.488 e. The van der Waals surface area contributed by atoms with Crippen molar-refractivity contribution in [2.24, 2.45) is 10.2 Å². The number of nitrogens with zero attached hydrogens (tertiary/aromatic N) is 4. The Hall–Kier alpha value is -5.92. The van der Waals surface area contributed by atoms with Gasteiger partial charge in [-0.3, -0.25) is 15.5 Å². The summed E-state index contributed by atoms with van der Waals surface area (Å²) in [5.74, 6) is -0.572. The number of ether oxygens (including phenoxy) is 4. The van der Waals surface area contributed by atoms with Crippen LogP contribution in [0.1, 0.15) is 96.5 Å². The maximum absolute atomic E-state index is 11.7. The molecule has 0 amide bonds. The summed E-state index contributed by atoms with van der Waals surface area (Å²) in [7, 11) is 0. The van der Waals surface area contributed by atoms with Gasteiger partial charge < -0.3 is 29.3 Å². The zero-order chi connectivity index (χ0) is 42.7. The quantitative estimate of drug-likeness (QED) is 0.0158. The number of nitrogens with one attached hydrogen (secondary N) is 2. The number of anilines is 3. The predicted octanol–water partition coefficient (Wildman–Crippen LogP) is 11.5. The van der Waals surface area contributed by atoms with Crippen LogP contribution in [0.25, 0.3) is 0 Å². The van der Waals surface area contributed by atoms with Gasteiger partial charge in [0.2, 0.25) is 0 Å². The number of azo groups is 1. The van der Waals surface area contributed by atoms with Crippen LogP contribution in [-0.2, 0) is 19.1 Å². The van der Waals surface area contributed by atoms with Crippen LogP contribution in [-0.4, -0.2) is 56.4 Å². The number of nitro groups is 1. The summed E-state index contributed by atoms with van der Waals surface area (Å²) in [5.41, 5.74) is 10.1. The Balaban J connectivity index is 1.91. The predicted molar refractivity (Wildman–Crippen MR) is 234 cm³/mol. The van der Waals surface area contributed by atoms with Crippen molar-refractivity contribution in [3.63, 3.8) is 0 Å². The molecule has 0 fully saturated rings. The lowest BCUT2D eigenvalue weighted by atomic mass is 10.1. The van der Waals surface area contributed by atoms with E-state index in [-0.39, 0.29) is 32.1 Å². The molecule has 14 heteroatoms. The van der Waals surface area contributed by atoms with Gasteiger partial charge >= 0.3 is 11.9 Å². The van der Waals surface area contributed by atoms with Gasteiger partial charge in [0.15, 0.2) is 0 Å². The van der Waals surface area contributed by atoms with Crippen molar-refractivity contribution >= 4 is 46.1 Å². The van der Waals surface area contributed by atoms with Crippen molar-refractivity contribution in [2.45, 2.75) is 97.8 Å². The molecule has 2 N–H and O–H groups in total. The summed E-state index contributed by atoms with van der Waals surface area (Å²) in [6.07, 6.45) is 17.1. The summed E-state index contributed by atoms with van der Waals surface area (Å²) in [4.78, 5) is 36.5. The highest BCUT2D eigenvalue weighted by atomic mass is 16.6. The number of carbonyl (C=O) groups excluding carboxylic acids is 2. The molecule has 0 saturated heterocycles. The number of rotatable bonds is 31. The summed E-state index contributed by atoms with van der Waals surface area (Å²) in [6.45, 7) is 15.3. The summed E-state index contributed by atoms with van der Waals surface area (Å²) >= 11 is 0. The number of aryl methyl sites for hydroxylation is 1. The van der Waals surface area contributed by atoms with Crippen LogP contribution < -0.4 is 25.2 Å². The smallest absolute Gasteiger partial charge is 0.330 e. The van der Waals surface area contributed by atoms with Crippen molar-refractivity contribution in [3.8, 4) is 11.5 Å². The van der Waals surface area contributed by atoms with Crippen molar-refractivity contribution in [3.05, 3.63) is 95.6 Å². The van der Waals surface area contributed by atoms with E-state index in [2.05, 4.69) is 65.1 Å². The number of hydrogen-bond donors (Lipinski definition) is 2. The Labute approximate surface area is 349 Å². The second-order valence-corrected chi connectivity index (χ2v) is 14.0. The highest BCUT2D eigenvalue weighted by Gasteiger charge is 2.15. The first kappa shape index (κ1) is 47.5. The standard InChI is InChI=1S/C45H62N6O8/c1-6-10-12-14-16-18-26-50(27-19-17-15-13-11-7-2)38-24-25-39(35(5)32-38)47-49-41-34-42(56-28-30-58-44(52)8-3)40(33-43(41)57-29-31-59-45(53)9-4)48-46-36-20-22-37(23-21-36)51(54)55/h8-9,20-25,32-34,46,48H,3-4,6-7,10-19,26-31H2,1-2,5H3/b49-47+. The molecule has 0 spiro atoms.